The zero-order chi connectivity index (χ0) is 25.3. The number of pyridine rings is 1. The number of aromatic nitrogens is 3. The number of nitrogens with zero attached hydrogens (tertiary/aromatic N) is 4. The normalized spacial score (nSPS) is 22.3. The summed E-state index contributed by atoms with van der Waals surface area (Å²) in [4.78, 5) is 6.85. The van der Waals surface area contributed by atoms with E-state index >= 15 is 0 Å². The number of halogens is 4. The SMILES string of the molecule is Nc1cc(Br)c2nc1-c1nnc(o1)C(OCc1ccccc1)(C(F)(F)F)CCC=CC[C@@H]1CCCN21. The number of benzene rings is 1. The van der Waals surface area contributed by atoms with Gasteiger partial charge in [0.25, 0.3) is 11.8 Å². The maximum absolute atomic E-state index is 14.7. The zero-order valence-corrected chi connectivity index (χ0v) is 20.9. The van der Waals surface area contributed by atoms with Crippen molar-refractivity contribution >= 4 is 27.4 Å². The van der Waals surface area contributed by atoms with E-state index in [9.17, 15) is 13.2 Å². The van der Waals surface area contributed by atoms with Crippen molar-refractivity contribution in [3.63, 3.8) is 0 Å². The Balaban J connectivity index is 1.62. The number of hydrogen-bond acceptors (Lipinski definition) is 7. The molecule has 190 valence electrons. The molecule has 7 nitrogen and oxygen atoms in total. The fourth-order valence-corrected chi connectivity index (χ4v) is 5.29. The summed E-state index contributed by atoms with van der Waals surface area (Å²) in [7, 11) is 0. The molecule has 36 heavy (non-hydrogen) atoms. The summed E-state index contributed by atoms with van der Waals surface area (Å²) in [6.07, 6.45) is 1.22. The molecule has 0 aliphatic carbocycles. The Morgan fingerprint density at radius 3 is 2.78 bits per heavy atom. The third-order valence-electron chi connectivity index (χ3n) is 6.63. The van der Waals surface area contributed by atoms with Crippen LogP contribution in [0.1, 0.15) is 43.6 Å². The summed E-state index contributed by atoms with van der Waals surface area (Å²) >= 11 is 3.54. The first-order valence-electron chi connectivity index (χ1n) is 11.7. The predicted molar refractivity (Wildman–Crippen MR) is 132 cm³/mol. The second-order valence-electron chi connectivity index (χ2n) is 8.98. The molecule has 2 N–H and O–H groups in total. The van der Waals surface area contributed by atoms with Crippen LogP contribution in [-0.4, -0.2) is 33.9 Å². The molecule has 3 aromatic rings. The van der Waals surface area contributed by atoms with Gasteiger partial charge in [-0.3, -0.25) is 0 Å². The van der Waals surface area contributed by atoms with Gasteiger partial charge in [0.1, 0.15) is 5.82 Å². The molecule has 11 heteroatoms. The minimum atomic E-state index is -4.82. The Labute approximate surface area is 214 Å². The average molecular weight is 564 g/mol. The van der Waals surface area contributed by atoms with Gasteiger partial charge >= 0.3 is 6.18 Å². The smallest absolute Gasteiger partial charge is 0.416 e. The Bertz CT molecular complexity index is 1250. The van der Waals surface area contributed by atoms with Crippen molar-refractivity contribution in [2.24, 2.45) is 0 Å². The second-order valence-corrected chi connectivity index (χ2v) is 9.83. The van der Waals surface area contributed by atoms with Crippen molar-refractivity contribution in [1.29, 1.82) is 0 Å². The van der Waals surface area contributed by atoms with Crippen LogP contribution in [0, 0.1) is 0 Å². The molecule has 0 radical (unpaired) electrons. The molecule has 4 bridgehead atoms. The Hall–Kier alpha value is -2.92. The van der Waals surface area contributed by atoms with E-state index in [1.807, 2.05) is 6.08 Å². The van der Waals surface area contributed by atoms with Gasteiger partial charge < -0.3 is 19.8 Å². The molecule has 2 aliphatic heterocycles. The van der Waals surface area contributed by atoms with Gasteiger partial charge in [-0.2, -0.15) is 13.2 Å². The molecule has 0 saturated carbocycles. The number of nitrogen functional groups attached to an aromatic ring is 1. The van der Waals surface area contributed by atoms with Crippen LogP contribution in [0.5, 0.6) is 0 Å². The van der Waals surface area contributed by atoms with E-state index < -0.39 is 24.1 Å². The van der Waals surface area contributed by atoms with Crippen molar-refractivity contribution in [3.05, 3.63) is 64.5 Å². The summed E-state index contributed by atoms with van der Waals surface area (Å²) in [5, 5.41) is 7.75. The largest absolute Gasteiger partial charge is 0.426 e. The van der Waals surface area contributed by atoms with Crippen LogP contribution in [0.15, 0.2) is 57.4 Å². The van der Waals surface area contributed by atoms with E-state index in [0.29, 0.717) is 22.3 Å². The van der Waals surface area contributed by atoms with E-state index in [-0.39, 0.29) is 36.3 Å². The lowest BCUT2D eigenvalue weighted by Crippen LogP contribution is -2.45. The van der Waals surface area contributed by atoms with Crippen molar-refractivity contribution in [3.8, 4) is 11.6 Å². The molecular formula is C25H25BrF3N5O2. The number of hydrogen-bond donors (Lipinski definition) is 1. The number of allylic oxidation sites excluding steroid dienone is 1. The monoisotopic (exact) mass is 563 g/mol. The predicted octanol–water partition coefficient (Wildman–Crippen LogP) is 6.16. The fourth-order valence-electron chi connectivity index (χ4n) is 4.73. The van der Waals surface area contributed by atoms with Gasteiger partial charge in [-0.1, -0.05) is 42.5 Å². The standard InChI is InChI=1S/C25H25BrF3N5O2/c26-18-14-19(30)20-22-32-33-23(36-22)24(25(27,28)29,35-15-16-8-3-1-4-9-16)12-6-2-5-10-17-11-7-13-34(17)21(18)31-20/h1-5,8-9,14,17H,6-7,10-13,15,30H2/t17-,24?/m1/s1. The van der Waals surface area contributed by atoms with E-state index in [1.54, 1.807) is 42.5 Å². The van der Waals surface area contributed by atoms with Crippen LogP contribution in [0.2, 0.25) is 0 Å². The summed E-state index contributed by atoms with van der Waals surface area (Å²) in [6.45, 7) is 0.536. The van der Waals surface area contributed by atoms with Gasteiger partial charge in [0.05, 0.1) is 16.8 Å². The number of rotatable bonds is 3. The number of nitrogens with two attached hydrogens (primary N) is 1. The van der Waals surface area contributed by atoms with Gasteiger partial charge in [-0.05, 0) is 59.7 Å². The third kappa shape index (κ3) is 4.61. The number of ether oxygens (including phenoxy) is 1. The summed E-state index contributed by atoms with van der Waals surface area (Å²) in [5.74, 6) is -0.207. The van der Waals surface area contributed by atoms with E-state index in [1.165, 1.54) is 0 Å². The molecule has 1 saturated heterocycles. The number of anilines is 2. The highest BCUT2D eigenvalue weighted by Gasteiger charge is 2.61. The molecule has 0 amide bonds. The van der Waals surface area contributed by atoms with E-state index in [4.69, 9.17) is 14.9 Å². The van der Waals surface area contributed by atoms with E-state index in [2.05, 4.69) is 36.0 Å². The average Bonchev–Trinajstić information content (AvgIpc) is 3.51. The first-order valence-corrected chi connectivity index (χ1v) is 12.5. The third-order valence-corrected chi connectivity index (χ3v) is 7.22. The van der Waals surface area contributed by atoms with Crippen LogP contribution in [-0.2, 0) is 16.9 Å². The van der Waals surface area contributed by atoms with Crippen LogP contribution < -0.4 is 10.6 Å². The highest BCUT2D eigenvalue weighted by atomic mass is 79.9. The molecule has 2 aliphatic rings. The lowest BCUT2D eigenvalue weighted by atomic mass is 9.95. The fraction of sp³-hybridized carbons (Fsp3) is 0.400. The molecule has 2 atom stereocenters. The summed E-state index contributed by atoms with van der Waals surface area (Å²) in [6, 6.07) is 10.5. The molecule has 1 aromatic carbocycles. The Morgan fingerprint density at radius 1 is 1.19 bits per heavy atom. The highest BCUT2D eigenvalue weighted by molar-refractivity contribution is 9.10. The minimum absolute atomic E-state index is 0.119. The number of fused-ring (bicyclic) bond motifs is 7. The van der Waals surface area contributed by atoms with Crippen LogP contribution in [0.4, 0.5) is 24.7 Å². The van der Waals surface area contributed by atoms with Crippen molar-refractivity contribution < 1.29 is 22.3 Å². The molecule has 2 aromatic heterocycles. The lowest BCUT2D eigenvalue weighted by Gasteiger charge is -2.32. The van der Waals surface area contributed by atoms with Crippen LogP contribution in [0.25, 0.3) is 11.6 Å². The number of alkyl halides is 3. The highest BCUT2D eigenvalue weighted by Crippen LogP contribution is 2.47. The lowest BCUT2D eigenvalue weighted by molar-refractivity contribution is -0.299. The molecule has 1 unspecified atom stereocenters. The maximum Gasteiger partial charge on any atom is 0.426 e. The molecule has 5 rings (SSSR count). The zero-order valence-electron chi connectivity index (χ0n) is 19.3. The van der Waals surface area contributed by atoms with E-state index in [0.717, 1.165) is 19.4 Å². The minimum Gasteiger partial charge on any atom is -0.416 e. The van der Waals surface area contributed by atoms with Gasteiger partial charge in [-0.15, -0.1) is 10.2 Å². The van der Waals surface area contributed by atoms with Crippen molar-refractivity contribution in [2.75, 3.05) is 17.2 Å². The van der Waals surface area contributed by atoms with Crippen molar-refractivity contribution in [2.45, 2.75) is 56.5 Å². The first kappa shape index (κ1) is 24.8. The summed E-state index contributed by atoms with van der Waals surface area (Å²) in [5.41, 5.74) is 4.35. The van der Waals surface area contributed by atoms with Gasteiger partial charge in [0.15, 0.2) is 5.69 Å². The summed E-state index contributed by atoms with van der Waals surface area (Å²) < 4.78 is 56.2. The first-order chi connectivity index (χ1) is 17.3. The Kier molecular flexibility index (Phi) is 6.78. The van der Waals surface area contributed by atoms with Crippen molar-refractivity contribution in [1.82, 2.24) is 15.2 Å². The van der Waals surface area contributed by atoms with Gasteiger partial charge in [0.2, 0.25) is 5.60 Å². The second kappa shape index (κ2) is 9.85. The Morgan fingerprint density at radius 2 is 2.00 bits per heavy atom. The topological polar surface area (TPSA) is 90.3 Å². The van der Waals surface area contributed by atoms with Gasteiger partial charge in [0, 0.05) is 12.6 Å². The van der Waals surface area contributed by atoms with Crippen LogP contribution >= 0.6 is 15.9 Å². The van der Waals surface area contributed by atoms with Gasteiger partial charge in [-0.25, -0.2) is 4.98 Å². The maximum atomic E-state index is 14.7. The molecular weight excluding hydrogens is 539 g/mol. The van der Waals surface area contributed by atoms with Crippen LogP contribution in [0.3, 0.4) is 0 Å². The quantitative estimate of drug-likeness (QED) is 0.381. The molecule has 0 spiro atoms. The molecule has 4 heterocycles. The molecule has 1 fully saturated rings.